The summed E-state index contributed by atoms with van der Waals surface area (Å²) in [6.07, 6.45) is 10.8. The van der Waals surface area contributed by atoms with Crippen molar-refractivity contribution in [3.05, 3.63) is 0 Å². The molecule has 19 heavy (non-hydrogen) atoms. The minimum Gasteiger partial charge on any atom is -0.465 e. The van der Waals surface area contributed by atoms with Crippen LogP contribution >= 0.6 is 0 Å². The average molecular weight is 267 g/mol. The van der Waals surface area contributed by atoms with Crippen LogP contribution in [0.4, 0.5) is 0 Å². The van der Waals surface area contributed by atoms with Crippen LogP contribution in [-0.2, 0) is 9.53 Å². The van der Waals surface area contributed by atoms with E-state index in [9.17, 15) is 4.79 Å². The summed E-state index contributed by atoms with van der Waals surface area (Å²) in [6.45, 7) is 5.22. The molecule has 2 rings (SSSR count). The van der Waals surface area contributed by atoms with Crippen molar-refractivity contribution in [1.29, 1.82) is 0 Å². The molecule has 1 aliphatic carbocycles. The Morgan fingerprint density at radius 3 is 2.58 bits per heavy atom. The van der Waals surface area contributed by atoms with Gasteiger partial charge in [0.15, 0.2) is 0 Å². The third-order valence-electron chi connectivity index (χ3n) is 4.71. The van der Waals surface area contributed by atoms with E-state index in [0.717, 1.165) is 25.8 Å². The third-order valence-corrected chi connectivity index (χ3v) is 4.71. The highest BCUT2D eigenvalue weighted by Crippen LogP contribution is 2.24. The fraction of sp³-hybridized carbons (Fsp3) is 0.938. The molecule has 1 saturated heterocycles. The lowest BCUT2D eigenvalue weighted by atomic mass is 9.89. The molecule has 2 aliphatic rings. The number of carbonyl (C=O) groups is 1. The zero-order valence-corrected chi connectivity index (χ0v) is 12.4. The quantitative estimate of drug-likeness (QED) is 0.565. The van der Waals surface area contributed by atoms with E-state index in [1.165, 1.54) is 45.1 Å². The van der Waals surface area contributed by atoms with E-state index in [-0.39, 0.29) is 11.9 Å². The van der Waals surface area contributed by atoms with Gasteiger partial charge in [0.1, 0.15) is 0 Å². The van der Waals surface area contributed by atoms with Crippen molar-refractivity contribution in [2.45, 2.75) is 70.8 Å². The average Bonchev–Trinajstić information content (AvgIpc) is 2.46. The normalized spacial score (nSPS) is 26.3. The number of rotatable bonds is 5. The van der Waals surface area contributed by atoms with Gasteiger partial charge in [-0.3, -0.25) is 4.79 Å². The van der Waals surface area contributed by atoms with Crippen molar-refractivity contribution in [2.24, 2.45) is 5.92 Å². The molecule has 0 radical (unpaired) electrons. The number of hydrogen-bond donors (Lipinski definition) is 0. The van der Waals surface area contributed by atoms with Gasteiger partial charge in [-0.15, -0.1) is 0 Å². The maximum atomic E-state index is 11.9. The SMILES string of the molecule is CC1CCCCN1CCCOC(=O)C1CCCCC1. The van der Waals surface area contributed by atoms with E-state index in [4.69, 9.17) is 4.74 Å². The second kappa shape index (κ2) is 7.88. The molecule has 1 saturated carbocycles. The van der Waals surface area contributed by atoms with Gasteiger partial charge in [0, 0.05) is 12.6 Å². The lowest BCUT2D eigenvalue weighted by molar-refractivity contribution is -0.149. The topological polar surface area (TPSA) is 29.5 Å². The highest BCUT2D eigenvalue weighted by Gasteiger charge is 2.22. The Hall–Kier alpha value is -0.570. The minimum absolute atomic E-state index is 0.0615. The zero-order valence-electron chi connectivity index (χ0n) is 12.4. The molecule has 0 spiro atoms. The Labute approximate surface area is 117 Å². The molecule has 0 N–H and O–H groups in total. The minimum atomic E-state index is 0.0615. The Bertz CT molecular complexity index is 274. The van der Waals surface area contributed by atoms with Crippen LogP contribution in [0.1, 0.15) is 64.7 Å². The second-order valence-corrected chi connectivity index (χ2v) is 6.24. The molecule has 1 unspecified atom stereocenters. The summed E-state index contributed by atoms with van der Waals surface area (Å²) in [5.41, 5.74) is 0. The van der Waals surface area contributed by atoms with Gasteiger partial charge in [0.25, 0.3) is 0 Å². The molecule has 1 heterocycles. The summed E-state index contributed by atoms with van der Waals surface area (Å²) in [6, 6.07) is 0.711. The summed E-state index contributed by atoms with van der Waals surface area (Å²) in [5, 5.41) is 0. The largest absolute Gasteiger partial charge is 0.465 e. The molecule has 1 aliphatic heterocycles. The van der Waals surface area contributed by atoms with Crippen molar-refractivity contribution < 1.29 is 9.53 Å². The number of carbonyl (C=O) groups excluding carboxylic acids is 1. The van der Waals surface area contributed by atoms with Gasteiger partial charge in [0.2, 0.25) is 0 Å². The van der Waals surface area contributed by atoms with Crippen LogP contribution in [0, 0.1) is 5.92 Å². The summed E-state index contributed by atoms with van der Waals surface area (Å²) in [7, 11) is 0. The van der Waals surface area contributed by atoms with E-state index in [1.54, 1.807) is 0 Å². The Morgan fingerprint density at radius 2 is 1.84 bits per heavy atom. The predicted molar refractivity (Wildman–Crippen MR) is 77.0 cm³/mol. The molecule has 3 heteroatoms. The molecule has 0 aromatic carbocycles. The summed E-state index contributed by atoms with van der Waals surface area (Å²) >= 11 is 0. The molecule has 0 bridgehead atoms. The van der Waals surface area contributed by atoms with Crippen molar-refractivity contribution in [3.8, 4) is 0 Å². The lowest BCUT2D eigenvalue weighted by Crippen LogP contribution is -2.38. The van der Waals surface area contributed by atoms with Crippen LogP contribution in [0.25, 0.3) is 0 Å². The van der Waals surface area contributed by atoms with Crippen molar-refractivity contribution >= 4 is 5.97 Å². The van der Waals surface area contributed by atoms with Gasteiger partial charge in [-0.1, -0.05) is 25.7 Å². The maximum absolute atomic E-state index is 11.9. The van der Waals surface area contributed by atoms with Crippen molar-refractivity contribution in [3.63, 3.8) is 0 Å². The predicted octanol–water partition coefficient (Wildman–Crippen LogP) is 3.37. The number of nitrogens with zero attached hydrogens (tertiary/aromatic N) is 1. The van der Waals surface area contributed by atoms with Crippen LogP contribution in [-0.4, -0.2) is 36.6 Å². The van der Waals surface area contributed by atoms with Gasteiger partial charge in [-0.25, -0.2) is 0 Å². The summed E-state index contributed by atoms with van der Waals surface area (Å²) < 4.78 is 5.44. The Kier molecular flexibility index (Phi) is 6.15. The van der Waals surface area contributed by atoms with Crippen molar-refractivity contribution in [2.75, 3.05) is 19.7 Å². The van der Waals surface area contributed by atoms with Crippen LogP contribution in [0.15, 0.2) is 0 Å². The molecular weight excluding hydrogens is 238 g/mol. The first-order valence-electron chi connectivity index (χ1n) is 8.18. The van der Waals surface area contributed by atoms with Gasteiger partial charge in [-0.2, -0.15) is 0 Å². The summed E-state index contributed by atoms with van der Waals surface area (Å²) in [4.78, 5) is 14.4. The smallest absolute Gasteiger partial charge is 0.308 e. The molecular formula is C16H29NO2. The second-order valence-electron chi connectivity index (χ2n) is 6.24. The van der Waals surface area contributed by atoms with E-state index in [2.05, 4.69) is 11.8 Å². The van der Waals surface area contributed by atoms with E-state index < -0.39 is 0 Å². The number of esters is 1. The molecule has 0 aromatic heterocycles. The van der Waals surface area contributed by atoms with E-state index in [1.807, 2.05) is 0 Å². The first-order chi connectivity index (χ1) is 9.27. The number of ether oxygens (including phenoxy) is 1. The van der Waals surface area contributed by atoms with Crippen LogP contribution < -0.4 is 0 Å². The summed E-state index contributed by atoms with van der Waals surface area (Å²) in [5.74, 6) is 0.258. The molecule has 3 nitrogen and oxygen atoms in total. The monoisotopic (exact) mass is 267 g/mol. The van der Waals surface area contributed by atoms with E-state index in [0.29, 0.717) is 12.6 Å². The number of piperidine rings is 1. The molecule has 0 aromatic rings. The zero-order chi connectivity index (χ0) is 13.5. The van der Waals surface area contributed by atoms with Crippen LogP contribution in [0.5, 0.6) is 0 Å². The first kappa shape index (κ1) is 14.8. The van der Waals surface area contributed by atoms with Gasteiger partial charge >= 0.3 is 5.97 Å². The molecule has 110 valence electrons. The Balaban J connectivity index is 1.56. The van der Waals surface area contributed by atoms with Crippen LogP contribution in [0.2, 0.25) is 0 Å². The van der Waals surface area contributed by atoms with E-state index >= 15 is 0 Å². The van der Waals surface area contributed by atoms with Gasteiger partial charge in [-0.05, 0) is 45.6 Å². The fourth-order valence-electron chi connectivity index (χ4n) is 3.39. The van der Waals surface area contributed by atoms with Gasteiger partial charge in [0.05, 0.1) is 12.5 Å². The highest BCUT2D eigenvalue weighted by atomic mass is 16.5. The van der Waals surface area contributed by atoms with Gasteiger partial charge < -0.3 is 9.64 Å². The Morgan fingerprint density at radius 1 is 1.11 bits per heavy atom. The lowest BCUT2D eigenvalue weighted by Gasteiger charge is -2.33. The standard InChI is InChI=1S/C16H29NO2/c1-14-8-5-6-11-17(14)12-7-13-19-16(18)15-9-3-2-4-10-15/h14-15H,2-13H2,1H3. The maximum Gasteiger partial charge on any atom is 0.308 e. The fourth-order valence-corrected chi connectivity index (χ4v) is 3.39. The number of likely N-dealkylation sites (tertiary alicyclic amines) is 1. The molecule has 2 fully saturated rings. The first-order valence-corrected chi connectivity index (χ1v) is 8.18. The molecule has 0 amide bonds. The highest BCUT2D eigenvalue weighted by molar-refractivity contribution is 5.72. The molecule has 1 atom stereocenters. The van der Waals surface area contributed by atoms with Crippen molar-refractivity contribution in [1.82, 2.24) is 4.90 Å². The number of hydrogen-bond acceptors (Lipinski definition) is 3. The van der Waals surface area contributed by atoms with Crippen LogP contribution in [0.3, 0.4) is 0 Å². The third kappa shape index (κ3) is 4.79.